The Morgan fingerprint density at radius 2 is 1.94 bits per heavy atom. The number of nitrogens with two attached hydrogens (primary N) is 1. The number of fused-ring (bicyclic) bond motifs is 1. The fourth-order valence-electron chi connectivity index (χ4n) is 4.59. The summed E-state index contributed by atoms with van der Waals surface area (Å²) < 4.78 is 5.35. The average molecular weight is 428 g/mol. The van der Waals surface area contributed by atoms with Crippen LogP contribution in [0.1, 0.15) is 47.2 Å². The van der Waals surface area contributed by atoms with Crippen molar-refractivity contribution in [3.05, 3.63) is 77.9 Å². The van der Waals surface area contributed by atoms with Gasteiger partial charge >= 0.3 is 0 Å². The third kappa shape index (κ3) is 3.65. The van der Waals surface area contributed by atoms with E-state index in [0.717, 1.165) is 35.7 Å². The molecule has 3 heterocycles. The zero-order valence-corrected chi connectivity index (χ0v) is 17.9. The summed E-state index contributed by atoms with van der Waals surface area (Å²) >= 11 is 0. The Morgan fingerprint density at radius 1 is 1.12 bits per heavy atom. The predicted molar refractivity (Wildman–Crippen MR) is 122 cm³/mol. The quantitative estimate of drug-likeness (QED) is 0.522. The molecule has 0 bridgehead atoms. The van der Waals surface area contributed by atoms with Gasteiger partial charge in [-0.05, 0) is 49.8 Å². The number of hydrogen-bond acceptors (Lipinski definition) is 6. The van der Waals surface area contributed by atoms with Crippen LogP contribution in [0.3, 0.4) is 0 Å². The molecule has 2 N–H and O–H groups in total. The summed E-state index contributed by atoms with van der Waals surface area (Å²) in [6.45, 7) is 2.41. The van der Waals surface area contributed by atoms with Crippen LogP contribution in [0.2, 0.25) is 0 Å². The summed E-state index contributed by atoms with van der Waals surface area (Å²) in [5.74, 6) is 0.805. The van der Waals surface area contributed by atoms with Crippen LogP contribution < -0.4 is 5.73 Å². The Hall–Kier alpha value is -3.58. The number of hydrogen-bond donors (Lipinski definition) is 1. The lowest BCUT2D eigenvalue weighted by Gasteiger charge is -2.39. The number of rotatable bonds is 4. The highest BCUT2D eigenvalue weighted by atomic mass is 16.5. The standard InChI is InChI=1S/C25H25N5O2/c1-16-28-24(32-29-16)19-10-4-5-11-20(19)25(31)30-15-7-6-12-21(30)22(26)23-18-9-3-2-8-17(18)13-14-27-23/h2-5,8-11,13-14,21-22H,6-7,12,15,26H2,1H3. The van der Waals surface area contributed by atoms with Crippen molar-refractivity contribution in [1.29, 1.82) is 0 Å². The van der Waals surface area contributed by atoms with Crippen molar-refractivity contribution in [3.63, 3.8) is 0 Å². The van der Waals surface area contributed by atoms with Gasteiger partial charge in [0.25, 0.3) is 11.8 Å². The Kier molecular flexibility index (Phi) is 5.41. The molecule has 7 nitrogen and oxygen atoms in total. The molecule has 1 fully saturated rings. The van der Waals surface area contributed by atoms with E-state index in [0.29, 0.717) is 29.4 Å². The van der Waals surface area contributed by atoms with Gasteiger partial charge in [-0.1, -0.05) is 41.6 Å². The predicted octanol–water partition coefficient (Wildman–Crippen LogP) is 4.29. The molecule has 0 spiro atoms. The van der Waals surface area contributed by atoms with Gasteiger partial charge in [0.2, 0.25) is 0 Å². The lowest BCUT2D eigenvalue weighted by Crippen LogP contribution is -2.49. The molecule has 1 aliphatic heterocycles. The highest BCUT2D eigenvalue weighted by molar-refractivity contribution is 6.00. The van der Waals surface area contributed by atoms with Crippen molar-refractivity contribution in [2.75, 3.05) is 6.54 Å². The summed E-state index contributed by atoms with van der Waals surface area (Å²) in [7, 11) is 0. The molecule has 2 unspecified atom stereocenters. The van der Waals surface area contributed by atoms with Gasteiger partial charge in [0.15, 0.2) is 5.82 Å². The average Bonchev–Trinajstić information content (AvgIpc) is 3.29. The van der Waals surface area contributed by atoms with Crippen molar-refractivity contribution in [2.24, 2.45) is 5.73 Å². The van der Waals surface area contributed by atoms with E-state index >= 15 is 0 Å². The van der Waals surface area contributed by atoms with Crippen molar-refractivity contribution in [1.82, 2.24) is 20.0 Å². The van der Waals surface area contributed by atoms with Gasteiger partial charge in [0, 0.05) is 18.1 Å². The van der Waals surface area contributed by atoms with Crippen LogP contribution in [0, 0.1) is 6.92 Å². The van der Waals surface area contributed by atoms with Crippen LogP contribution in [0.15, 0.2) is 65.3 Å². The molecular formula is C25H25N5O2. The van der Waals surface area contributed by atoms with Crippen LogP contribution in [0.5, 0.6) is 0 Å². The second kappa shape index (κ2) is 8.51. The third-order valence-electron chi connectivity index (χ3n) is 6.16. The van der Waals surface area contributed by atoms with Gasteiger partial charge in [-0.3, -0.25) is 9.78 Å². The first kappa shape index (κ1) is 20.3. The molecule has 162 valence electrons. The lowest BCUT2D eigenvalue weighted by atomic mass is 9.91. The molecule has 2 aromatic heterocycles. The molecule has 0 saturated carbocycles. The van der Waals surface area contributed by atoms with E-state index in [1.54, 1.807) is 13.1 Å². The Morgan fingerprint density at radius 3 is 2.78 bits per heavy atom. The van der Waals surface area contributed by atoms with E-state index in [2.05, 4.69) is 21.2 Å². The summed E-state index contributed by atoms with van der Waals surface area (Å²) in [6, 6.07) is 16.9. The molecule has 2 aromatic carbocycles. The van der Waals surface area contributed by atoms with Crippen LogP contribution in [0.25, 0.3) is 22.2 Å². The van der Waals surface area contributed by atoms with Crippen molar-refractivity contribution in [3.8, 4) is 11.5 Å². The van der Waals surface area contributed by atoms with E-state index in [1.807, 2.05) is 53.4 Å². The van der Waals surface area contributed by atoms with Crippen LogP contribution in [-0.2, 0) is 0 Å². The second-order valence-corrected chi connectivity index (χ2v) is 8.20. The zero-order valence-electron chi connectivity index (χ0n) is 17.9. The maximum atomic E-state index is 13.8. The summed E-state index contributed by atoms with van der Waals surface area (Å²) in [5.41, 5.74) is 8.81. The van der Waals surface area contributed by atoms with E-state index in [1.165, 1.54) is 0 Å². The summed E-state index contributed by atoms with van der Waals surface area (Å²) in [6.07, 6.45) is 4.59. The van der Waals surface area contributed by atoms with E-state index in [9.17, 15) is 4.79 Å². The monoisotopic (exact) mass is 427 g/mol. The number of carbonyl (C=O) groups excluding carboxylic acids is 1. The molecule has 0 radical (unpaired) electrons. The highest BCUT2D eigenvalue weighted by Gasteiger charge is 2.34. The topological polar surface area (TPSA) is 98.1 Å². The van der Waals surface area contributed by atoms with Gasteiger partial charge in [-0.25, -0.2) is 0 Å². The van der Waals surface area contributed by atoms with Gasteiger partial charge in [0.05, 0.1) is 28.9 Å². The van der Waals surface area contributed by atoms with Crippen LogP contribution >= 0.6 is 0 Å². The van der Waals surface area contributed by atoms with Gasteiger partial charge in [-0.2, -0.15) is 4.98 Å². The molecule has 1 saturated heterocycles. The molecule has 32 heavy (non-hydrogen) atoms. The highest BCUT2D eigenvalue weighted by Crippen LogP contribution is 2.32. The first-order chi connectivity index (χ1) is 15.6. The third-order valence-corrected chi connectivity index (χ3v) is 6.16. The fraction of sp³-hybridized carbons (Fsp3) is 0.280. The van der Waals surface area contributed by atoms with E-state index in [4.69, 9.17) is 10.3 Å². The minimum atomic E-state index is -0.386. The van der Waals surface area contributed by atoms with Gasteiger partial charge in [-0.15, -0.1) is 0 Å². The number of pyridine rings is 1. The lowest BCUT2D eigenvalue weighted by molar-refractivity contribution is 0.0574. The van der Waals surface area contributed by atoms with Gasteiger partial charge in [0.1, 0.15) is 0 Å². The molecular weight excluding hydrogens is 402 g/mol. The first-order valence-electron chi connectivity index (χ1n) is 10.9. The smallest absolute Gasteiger partial charge is 0.258 e. The number of carbonyl (C=O) groups is 1. The molecule has 5 rings (SSSR count). The van der Waals surface area contributed by atoms with Crippen LogP contribution in [-0.4, -0.2) is 38.5 Å². The summed E-state index contributed by atoms with van der Waals surface area (Å²) in [5, 5.41) is 6.00. The maximum Gasteiger partial charge on any atom is 0.258 e. The molecule has 1 amide bonds. The SMILES string of the molecule is Cc1noc(-c2ccccc2C(=O)N2CCCCC2C(N)c2nccc3ccccc23)n1. The molecule has 4 aromatic rings. The van der Waals surface area contributed by atoms with Crippen molar-refractivity contribution in [2.45, 2.75) is 38.3 Å². The number of piperidine rings is 1. The number of nitrogens with zero attached hydrogens (tertiary/aromatic N) is 4. The van der Waals surface area contributed by atoms with Gasteiger partial charge < -0.3 is 15.2 Å². The molecule has 0 aliphatic carbocycles. The second-order valence-electron chi connectivity index (χ2n) is 8.20. The number of likely N-dealkylation sites (tertiary alicyclic amines) is 1. The Bertz CT molecular complexity index is 1260. The Labute approximate surface area is 186 Å². The van der Waals surface area contributed by atoms with E-state index in [-0.39, 0.29) is 18.0 Å². The first-order valence-corrected chi connectivity index (χ1v) is 10.9. The normalized spacial score (nSPS) is 17.4. The number of aromatic nitrogens is 3. The van der Waals surface area contributed by atoms with Crippen molar-refractivity contribution >= 4 is 16.7 Å². The summed E-state index contributed by atoms with van der Waals surface area (Å²) in [4.78, 5) is 24.6. The van der Waals surface area contributed by atoms with E-state index < -0.39 is 0 Å². The minimum Gasteiger partial charge on any atom is -0.334 e. The molecule has 7 heteroatoms. The minimum absolute atomic E-state index is 0.0724. The zero-order chi connectivity index (χ0) is 22.1. The molecule has 1 aliphatic rings. The maximum absolute atomic E-state index is 13.8. The van der Waals surface area contributed by atoms with Crippen LogP contribution in [0.4, 0.5) is 0 Å². The van der Waals surface area contributed by atoms with Crippen molar-refractivity contribution < 1.29 is 9.32 Å². The fourth-order valence-corrected chi connectivity index (χ4v) is 4.59. The molecule has 2 atom stereocenters. The number of amides is 1. The number of aryl methyl sites for hydroxylation is 1. The number of benzene rings is 2. The Balaban J connectivity index is 1.51. The largest absolute Gasteiger partial charge is 0.334 e.